The smallest absolute Gasteiger partial charge is 0.118 e. The molecule has 0 bridgehead atoms. The number of rotatable bonds is 2. The molecule has 0 saturated heterocycles. The fourth-order valence-electron chi connectivity index (χ4n) is 2.15. The van der Waals surface area contributed by atoms with Crippen LogP contribution in [0.15, 0.2) is 48.5 Å². The first kappa shape index (κ1) is 14.1. The molecule has 0 amide bonds. The van der Waals surface area contributed by atoms with E-state index in [0.29, 0.717) is 0 Å². The van der Waals surface area contributed by atoms with E-state index in [1.807, 2.05) is 18.2 Å². The van der Waals surface area contributed by atoms with Crippen molar-refractivity contribution in [3.8, 4) is 16.9 Å². The number of halogens is 2. The number of hydrogen-bond donors (Lipinski definition) is 0. The van der Waals surface area contributed by atoms with Gasteiger partial charge >= 0.3 is 0 Å². The molecule has 20 heavy (non-hydrogen) atoms. The second kappa shape index (κ2) is 5.85. The van der Waals surface area contributed by atoms with E-state index in [4.69, 9.17) is 9.72 Å². The summed E-state index contributed by atoms with van der Waals surface area (Å²) in [4.78, 5) is 4.71. The molecule has 2 aromatic carbocycles. The Hall–Kier alpha value is -0.890. The molecule has 0 unspecified atom stereocenters. The predicted molar refractivity (Wildman–Crippen MR) is 99.2 cm³/mol. The zero-order valence-corrected chi connectivity index (χ0v) is 15.0. The summed E-state index contributed by atoms with van der Waals surface area (Å²) in [5, 5.41) is 1.19. The lowest BCUT2D eigenvalue weighted by molar-refractivity contribution is 0.415. The van der Waals surface area contributed by atoms with Crippen molar-refractivity contribution >= 4 is 56.1 Å². The lowest BCUT2D eigenvalue weighted by atomic mass is 10.1. The lowest BCUT2D eigenvalue weighted by Crippen LogP contribution is -1.94. The van der Waals surface area contributed by atoms with E-state index in [0.717, 1.165) is 20.5 Å². The molecule has 100 valence electrons. The third-order valence-corrected chi connectivity index (χ3v) is 5.06. The normalized spacial score (nSPS) is 10.8. The third kappa shape index (κ3) is 2.50. The van der Waals surface area contributed by atoms with Crippen LogP contribution < -0.4 is 4.74 Å². The quantitative estimate of drug-likeness (QED) is 0.370. The van der Waals surface area contributed by atoms with Gasteiger partial charge in [-0.3, -0.25) is 0 Å². The monoisotopic (exact) mass is 487 g/mol. The second-order valence-electron chi connectivity index (χ2n) is 4.34. The van der Waals surface area contributed by atoms with Crippen molar-refractivity contribution in [1.82, 2.24) is 4.98 Å². The van der Waals surface area contributed by atoms with Crippen molar-refractivity contribution in [2.24, 2.45) is 0 Å². The average molecular weight is 487 g/mol. The molecule has 3 aromatic rings. The fourth-order valence-corrected chi connectivity index (χ4v) is 4.53. The van der Waals surface area contributed by atoms with Gasteiger partial charge in [0.05, 0.1) is 12.6 Å². The van der Waals surface area contributed by atoms with E-state index in [1.54, 1.807) is 7.11 Å². The van der Waals surface area contributed by atoms with Crippen LogP contribution in [0.4, 0.5) is 0 Å². The molecule has 3 rings (SSSR count). The summed E-state index contributed by atoms with van der Waals surface area (Å²) in [5.41, 5.74) is 3.39. The number of methoxy groups -OCH3 is 1. The highest BCUT2D eigenvalue weighted by molar-refractivity contribution is 14.1. The molecule has 0 saturated carbocycles. The van der Waals surface area contributed by atoms with E-state index in [2.05, 4.69) is 75.5 Å². The number of ether oxygens (including phenoxy) is 1. The van der Waals surface area contributed by atoms with Gasteiger partial charge in [-0.25, -0.2) is 4.98 Å². The molecule has 0 aliphatic carbocycles. The molecule has 0 fully saturated rings. The molecule has 0 aliphatic rings. The predicted octanol–water partition coefficient (Wildman–Crippen LogP) is 5.12. The number of fused-ring (bicyclic) bond motifs is 1. The maximum Gasteiger partial charge on any atom is 0.118 e. The molecule has 0 N–H and O–H groups in total. The molecule has 0 aliphatic heterocycles. The van der Waals surface area contributed by atoms with Crippen LogP contribution in [0.5, 0.6) is 5.75 Å². The highest BCUT2D eigenvalue weighted by atomic mass is 127. The Morgan fingerprint density at radius 2 is 1.65 bits per heavy atom. The van der Waals surface area contributed by atoms with Gasteiger partial charge < -0.3 is 4.74 Å². The highest BCUT2D eigenvalue weighted by Crippen LogP contribution is 2.34. The average Bonchev–Trinajstić information content (AvgIpc) is 2.48. The Labute approximate surface area is 144 Å². The van der Waals surface area contributed by atoms with Crippen molar-refractivity contribution < 1.29 is 4.74 Å². The summed E-state index contributed by atoms with van der Waals surface area (Å²) in [5.74, 6) is 0.868. The standard InChI is InChI=1S/C16H11I2NO/c1-20-11-8-6-10(7-9-11)14-15(17)12-4-2-3-5-13(12)19-16(14)18/h2-9H,1H3. The Bertz CT molecular complexity index is 769. The molecular weight excluding hydrogens is 476 g/mol. The molecule has 2 nitrogen and oxygen atoms in total. The Kier molecular flexibility index (Phi) is 4.11. The van der Waals surface area contributed by atoms with Gasteiger partial charge in [-0.1, -0.05) is 30.3 Å². The number of pyridine rings is 1. The van der Waals surface area contributed by atoms with Gasteiger partial charge in [0, 0.05) is 14.5 Å². The summed E-state index contributed by atoms with van der Waals surface area (Å²) in [7, 11) is 1.68. The minimum atomic E-state index is 0.868. The largest absolute Gasteiger partial charge is 0.497 e. The van der Waals surface area contributed by atoms with E-state index < -0.39 is 0 Å². The van der Waals surface area contributed by atoms with Crippen LogP contribution in [0.25, 0.3) is 22.0 Å². The van der Waals surface area contributed by atoms with E-state index in [-0.39, 0.29) is 0 Å². The number of nitrogens with zero attached hydrogens (tertiary/aromatic N) is 1. The number of aromatic nitrogens is 1. The maximum atomic E-state index is 5.22. The molecule has 0 atom stereocenters. The first-order valence-electron chi connectivity index (χ1n) is 6.09. The highest BCUT2D eigenvalue weighted by Gasteiger charge is 2.13. The third-order valence-electron chi connectivity index (χ3n) is 3.16. The van der Waals surface area contributed by atoms with Crippen molar-refractivity contribution in [3.63, 3.8) is 0 Å². The van der Waals surface area contributed by atoms with Crippen molar-refractivity contribution in [2.45, 2.75) is 0 Å². The Morgan fingerprint density at radius 1 is 0.950 bits per heavy atom. The van der Waals surface area contributed by atoms with Crippen molar-refractivity contribution in [1.29, 1.82) is 0 Å². The van der Waals surface area contributed by atoms with Crippen LogP contribution in [-0.2, 0) is 0 Å². The van der Waals surface area contributed by atoms with Gasteiger partial charge in [0.1, 0.15) is 9.45 Å². The Morgan fingerprint density at radius 3 is 2.35 bits per heavy atom. The van der Waals surface area contributed by atoms with E-state index >= 15 is 0 Å². The summed E-state index contributed by atoms with van der Waals surface area (Å²) in [6.07, 6.45) is 0. The summed E-state index contributed by atoms with van der Waals surface area (Å²) >= 11 is 4.72. The SMILES string of the molecule is COc1ccc(-c2c(I)nc3ccccc3c2I)cc1. The van der Waals surface area contributed by atoms with Crippen LogP contribution in [0.2, 0.25) is 0 Å². The molecule has 1 aromatic heterocycles. The molecule has 4 heteroatoms. The van der Waals surface area contributed by atoms with Gasteiger partial charge in [-0.2, -0.15) is 0 Å². The lowest BCUT2D eigenvalue weighted by Gasteiger charge is -2.11. The summed E-state index contributed by atoms with van der Waals surface area (Å²) in [6, 6.07) is 16.4. The van der Waals surface area contributed by atoms with Crippen LogP contribution in [0.3, 0.4) is 0 Å². The van der Waals surface area contributed by atoms with Crippen LogP contribution in [0, 0.1) is 7.27 Å². The topological polar surface area (TPSA) is 22.1 Å². The number of hydrogen-bond acceptors (Lipinski definition) is 2. The van der Waals surface area contributed by atoms with E-state index in [1.165, 1.54) is 14.5 Å². The zero-order valence-electron chi connectivity index (χ0n) is 10.7. The Balaban J connectivity index is 2.24. The van der Waals surface area contributed by atoms with Gasteiger partial charge in [0.25, 0.3) is 0 Å². The first-order chi connectivity index (χ1) is 9.70. The van der Waals surface area contributed by atoms with Gasteiger partial charge in [-0.15, -0.1) is 0 Å². The minimum Gasteiger partial charge on any atom is -0.497 e. The van der Waals surface area contributed by atoms with Crippen LogP contribution >= 0.6 is 45.2 Å². The number of para-hydroxylation sites is 1. The van der Waals surface area contributed by atoms with Gasteiger partial charge in [-0.05, 0) is 68.9 Å². The van der Waals surface area contributed by atoms with Gasteiger partial charge in [0.15, 0.2) is 0 Å². The molecule has 0 spiro atoms. The fraction of sp³-hybridized carbons (Fsp3) is 0.0625. The number of benzene rings is 2. The van der Waals surface area contributed by atoms with Crippen molar-refractivity contribution in [3.05, 3.63) is 55.8 Å². The molecular formula is C16H11I2NO. The first-order valence-corrected chi connectivity index (χ1v) is 8.24. The molecule has 0 radical (unpaired) electrons. The maximum absolute atomic E-state index is 5.22. The summed E-state index contributed by atoms with van der Waals surface area (Å²) < 4.78 is 7.48. The van der Waals surface area contributed by atoms with E-state index in [9.17, 15) is 0 Å². The summed E-state index contributed by atoms with van der Waals surface area (Å²) in [6.45, 7) is 0. The van der Waals surface area contributed by atoms with Crippen LogP contribution in [0.1, 0.15) is 0 Å². The molecule has 1 heterocycles. The second-order valence-corrected chi connectivity index (χ2v) is 6.44. The van der Waals surface area contributed by atoms with Crippen molar-refractivity contribution in [2.75, 3.05) is 7.11 Å². The minimum absolute atomic E-state index is 0.868. The van der Waals surface area contributed by atoms with Crippen LogP contribution in [-0.4, -0.2) is 12.1 Å². The van der Waals surface area contributed by atoms with Gasteiger partial charge in [0.2, 0.25) is 0 Å². The zero-order chi connectivity index (χ0) is 14.1.